The van der Waals surface area contributed by atoms with Crippen molar-refractivity contribution in [3.8, 4) is 5.69 Å². The molecule has 178 valence electrons. The molecule has 0 unspecified atom stereocenters. The average Bonchev–Trinajstić information content (AvgIpc) is 3.52. The molecule has 3 heterocycles. The molecule has 0 spiro atoms. The molecule has 1 aliphatic heterocycles. The molecule has 2 aromatic heterocycles. The van der Waals surface area contributed by atoms with E-state index < -0.39 is 11.2 Å². The third-order valence-electron chi connectivity index (χ3n) is 6.14. The molecular formula is C26H24N4O4S. The average molecular weight is 489 g/mol. The predicted octanol–water partition coefficient (Wildman–Crippen LogP) is 3.14. The van der Waals surface area contributed by atoms with Gasteiger partial charge >= 0.3 is 5.69 Å². The zero-order valence-corrected chi connectivity index (χ0v) is 20.0. The number of benzene rings is 2. The summed E-state index contributed by atoms with van der Waals surface area (Å²) in [6.45, 7) is 3.19. The van der Waals surface area contributed by atoms with Crippen molar-refractivity contribution in [3.63, 3.8) is 0 Å². The minimum absolute atomic E-state index is 0.116. The third kappa shape index (κ3) is 4.08. The number of nitrogens with one attached hydrogen (secondary N) is 1. The summed E-state index contributed by atoms with van der Waals surface area (Å²) in [5.74, 6) is -0.207. The standard InChI is InChI=1S/C26H24N4O4S/c1-2-27-24(32)23-21(13-15-35-23)30-25(33)19-6-3-4-7-20(19)29(26(30)34)16-17-9-11-18(12-10-17)28-14-5-8-22(28)31/h3-4,6-7,9-13,15H,2,5,8,14,16H2,1H3,(H,27,32). The SMILES string of the molecule is CCNC(=O)c1sccc1-n1c(=O)c2ccccc2n(Cc2ccc(N3CCCC3=O)cc2)c1=O. The van der Waals surface area contributed by atoms with Crippen LogP contribution in [0.15, 0.2) is 69.6 Å². The van der Waals surface area contributed by atoms with Gasteiger partial charge in [-0.05, 0) is 54.6 Å². The summed E-state index contributed by atoms with van der Waals surface area (Å²) in [5.41, 5.74) is 1.51. The van der Waals surface area contributed by atoms with Crippen molar-refractivity contribution in [2.75, 3.05) is 18.0 Å². The molecule has 0 atom stereocenters. The molecule has 0 saturated carbocycles. The van der Waals surface area contributed by atoms with Gasteiger partial charge in [-0.15, -0.1) is 11.3 Å². The number of carbonyl (C=O) groups is 2. The minimum atomic E-state index is -0.517. The zero-order valence-electron chi connectivity index (χ0n) is 19.2. The van der Waals surface area contributed by atoms with Crippen molar-refractivity contribution < 1.29 is 9.59 Å². The van der Waals surface area contributed by atoms with E-state index >= 15 is 0 Å². The highest BCUT2D eigenvalue weighted by molar-refractivity contribution is 7.12. The quantitative estimate of drug-likeness (QED) is 0.451. The Bertz CT molecular complexity index is 1550. The highest BCUT2D eigenvalue weighted by Crippen LogP contribution is 2.23. The van der Waals surface area contributed by atoms with Gasteiger partial charge in [-0.25, -0.2) is 9.36 Å². The lowest BCUT2D eigenvalue weighted by molar-refractivity contribution is -0.117. The van der Waals surface area contributed by atoms with Gasteiger partial charge in [0, 0.05) is 25.2 Å². The summed E-state index contributed by atoms with van der Waals surface area (Å²) in [6.07, 6.45) is 1.41. The first-order valence-corrected chi connectivity index (χ1v) is 12.4. The van der Waals surface area contributed by atoms with Crippen LogP contribution in [0.5, 0.6) is 0 Å². The van der Waals surface area contributed by atoms with E-state index in [1.807, 2.05) is 31.2 Å². The number of anilines is 1. The van der Waals surface area contributed by atoms with Crippen molar-refractivity contribution in [1.29, 1.82) is 0 Å². The van der Waals surface area contributed by atoms with Crippen LogP contribution in [0.2, 0.25) is 0 Å². The van der Waals surface area contributed by atoms with Crippen LogP contribution in [0.1, 0.15) is 35.0 Å². The van der Waals surface area contributed by atoms with Crippen LogP contribution >= 0.6 is 11.3 Å². The fourth-order valence-electron chi connectivity index (χ4n) is 4.46. The Balaban J connectivity index is 1.61. The number of nitrogens with zero attached hydrogens (tertiary/aromatic N) is 3. The molecule has 4 aromatic rings. The smallest absolute Gasteiger partial charge is 0.336 e. The second-order valence-electron chi connectivity index (χ2n) is 8.34. The second-order valence-corrected chi connectivity index (χ2v) is 9.25. The summed E-state index contributed by atoms with van der Waals surface area (Å²) < 4.78 is 2.63. The lowest BCUT2D eigenvalue weighted by atomic mass is 10.1. The Kier molecular flexibility index (Phi) is 6.08. The number of carbonyl (C=O) groups excluding carboxylic acids is 2. The normalized spacial score (nSPS) is 13.5. The lowest BCUT2D eigenvalue weighted by Crippen LogP contribution is -2.40. The molecular weight excluding hydrogens is 464 g/mol. The van der Waals surface area contributed by atoms with Crippen LogP contribution in [-0.4, -0.2) is 34.0 Å². The molecule has 2 amide bonds. The predicted molar refractivity (Wildman–Crippen MR) is 137 cm³/mol. The van der Waals surface area contributed by atoms with Gasteiger partial charge in [-0.1, -0.05) is 24.3 Å². The lowest BCUT2D eigenvalue weighted by Gasteiger charge is -2.17. The van der Waals surface area contributed by atoms with Gasteiger partial charge in [0.1, 0.15) is 4.88 Å². The van der Waals surface area contributed by atoms with Gasteiger partial charge in [-0.3, -0.25) is 19.0 Å². The molecule has 1 N–H and O–H groups in total. The van der Waals surface area contributed by atoms with E-state index in [4.69, 9.17) is 0 Å². The maximum absolute atomic E-state index is 13.7. The highest BCUT2D eigenvalue weighted by atomic mass is 32.1. The molecule has 5 rings (SSSR count). The van der Waals surface area contributed by atoms with Crippen molar-refractivity contribution in [1.82, 2.24) is 14.5 Å². The maximum atomic E-state index is 13.7. The number of hydrogen-bond donors (Lipinski definition) is 1. The van der Waals surface area contributed by atoms with E-state index in [0.717, 1.165) is 22.2 Å². The maximum Gasteiger partial charge on any atom is 0.336 e. The van der Waals surface area contributed by atoms with E-state index in [9.17, 15) is 19.2 Å². The van der Waals surface area contributed by atoms with Crippen molar-refractivity contribution in [2.45, 2.75) is 26.3 Å². The molecule has 0 bridgehead atoms. The molecule has 0 radical (unpaired) electrons. The first-order chi connectivity index (χ1) is 17.0. The number of fused-ring (bicyclic) bond motifs is 1. The summed E-state index contributed by atoms with van der Waals surface area (Å²) in [7, 11) is 0. The Labute approximate surface area is 205 Å². The van der Waals surface area contributed by atoms with Crippen LogP contribution in [0.3, 0.4) is 0 Å². The number of hydrogen-bond acceptors (Lipinski definition) is 5. The van der Waals surface area contributed by atoms with E-state index in [-0.39, 0.29) is 24.0 Å². The van der Waals surface area contributed by atoms with Gasteiger partial charge in [0.15, 0.2) is 0 Å². The van der Waals surface area contributed by atoms with Crippen LogP contribution < -0.4 is 21.5 Å². The number of thiophene rings is 1. The van der Waals surface area contributed by atoms with Crippen LogP contribution in [0.25, 0.3) is 16.6 Å². The monoisotopic (exact) mass is 488 g/mol. The molecule has 8 nitrogen and oxygen atoms in total. The molecule has 1 saturated heterocycles. The Morgan fingerprint density at radius 1 is 1.03 bits per heavy atom. The van der Waals surface area contributed by atoms with Crippen molar-refractivity contribution in [2.24, 2.45) is 0 Å². The molecule has 9 heteroatoms. The van der Waals surface area contributed by atoms with Gasteiger partial charge in [-0.2, -0.15) is 0 Å². The first kappa shape index (κ1) is 22.8. The molecule has 0 aliphatic carbocycles. The Hall–Kier alpha value is -3.98. The molecule has 2 aromatic carbocycles. The number of rotatable bonds is 6. The molecule has 1 fully saturated rings. The van der Waals surface area contributed by atoms with Gasteiger partial charge in [0.05, 0.1) is 23.1 Å². The van der Waals surface area contributed by atoms with Gasteiger partial charge in [0.2, 0.25) is 5.91 Å². The van der Waals surface area contributed by atoms with E-state index in [1.54, 1.807) is 45.2 Å². The van der Waals surface area contributed by atoms with Crippen molar-refractivity contribution >= 4 is 39.7 Å². The minimum Gasteiger partial charge on any atom is -0.352 e. The summed E-state index contributed by atoms with van der Waals surface area (Å²) in [6, 6.07) is 16.1. The Morgan fingerprint density at radius 2 is 1.80 bits per heavy atom. The van der Waals surface area contributed by atoms with E-state index in [1.165, 1.54) is 11.3 Å². The third-order valence-corrected chi connectivity index (χ3v) is 7.04. The van der Waals surface area contributed by atoms with E-state index in [0.29, 0.717) is 35.3 Å². The summed E-state index contributed by atoms with van der Waals surface area (Å²) in [5, 5.41) is 4.83. The van der Waals surface area contributed by atoms with Crippen LogP contribution in [-0.2, 0) is 11.3 Å². The summed E-state index contributed by atoms with van der Waals surface area (Å²) >= 11 is 1.19. The first-order valence-electron chi connectivity index (χ1n) is 11.5. The highest BCUT2D eigenvalue weighted by Gasteiger charge is 2.22. The number of aromatic nitrogens is 2. The fraction of sp³-hybridized carbons (Fsp3) is 0.231. The van der Waals surface area contributed by atoms with E-state index in [2.05, 4.69) is 5.32 Å². The van der Waals surface area contributed by atoms with Crippen LogP contribution in [0.4, 0.5) is 5.69 Å². The zero-order chi connectivity index (χ0) is 24.5. The molecule has 1 aliphatic rings. The Morgan fingerprint density at radius 3 is 2.51 bits per heavy atom. The number of amides is 2. The fourth-order valence-corrected chi connectivity index (χ4v) is 5.25. The topological polar surface area (TPSA) is 93.4 Å². The van der Waals surface area contributed by atoms with Crippen LogP contribution in [0, 0.1) is 0 Å². The van der Waals surface area contributed by atoms with Crippen molar-refractivity contribution in [3.05, 3.63) is 91.3 Å². The summed E-state index contributed by atoms with van der Waals surface area (Å²) in [4.78, 5) is 53.8. The number of para-hydroxylation sites is 1. The molecule has 35 heavy (non-hydrogen) atoms. The van der Waals surface area contributed by atoms with Gasteiger partial charge in [0.25, 0.3) is 11.5 Å². The largest absolute Gasteiger partial charge is 0.352 e. The van der Waals surface area contributed by atoms with Gasteiger partial charge < -0.3 is 10.2 Å². The second kappa shape index (κ2) is 9.34.